The van der Waals surface area contributed by atoms with Crippen LogP contribution in [0.3, 0.4) is 0 Å². The van der Waals surface area contributed by atoms with Crippen LogP contribution in [0.5, 0.6) is 0 Å². The van der Waals surface area contributed by atoms with Gasteiger partial charge in [-0.2, -0.15) is 0 Å². The van der Waals surface area contributed by atoms with E-state index in [4.69, 9.17) is 69.6 Å². The standard InChI is InChI=1S/C27H14Cl6F5NO3/c28-14-3-10(4-15(29)23(14)31)20-21(27(20,32)33)26(42)39-11-6-13(22(30)17(35)7-11)18(40)8-12-16(34)2-1-9(24(12)36)5-19(41)25(37)38/h1-4,6-7,20-21,25H,5,8H2,(H,39,42)/t20-,21+/m0/s1. The summed E-state index contributed by atoms with van der Waals surface area (Å²) >= 11 is 36.7. The van der Waals surface area contributed by atoms with Gasteiger partial charge in [0.05, 0.1) is 26.0 Å². The molecule has 0 aliphatic heterocycles. The second kappa shape index (κ2) is 12.5. The van der Waals surface area contributed by atoms with Crippen LogP contribution in [0.15, 0.2) is 36.4 Å². The molecule has 0 spiro atoms. The Bertz CT molecular complexity index is 1610. The van der Waals surface area contributed by atoms with Gasteiger partial charge in [-0.3, -0.25) is 14.4 Å². The zero-order valence-electron chi connectivity index (χ0n) is 20.5. The maximum absolute atomic E-state index is 14.9. The van der Waals surface area contributed by atoms with E-state index in [-0.39, 0.29) is 20.8 Å². The highest BCUT2D eigenvalue weighted by molar-refractivity contribution is 6.54. The molecule has 222 valence electrons. The number of alkyl halides is 4. The number of hydrogen-bond acceptors (Lipinski definition) is 3. The molecular weight excluding hydrogens is 694 g/mol. The van der Waals surface area contributed by atoms with Crippen molar-refractivity contribution in [2.75, 3.05) is 5.32 Å². The van der Waals surface area contributed by atoms with E-state index in [9.17, 15) is 36.3 Å². The Morgan fingerprint density at radius 3 is 2.07 bits per heavy atom. The van der Waals surface area contributed by atoms with Gasteiger partial charge in [0, 0.05) is 35.6 Å². The molecule has 3 aromatic rings. The molecule has 0 aromatic heterocycles. The minimum absolute atomic E-state index is 0.0838. The van der Waals surface area contributed by atoms with Crippen LogP contribution in [-0.2, 0) is 22.4 Å². The molecule has 4 nitrogen and oxygen atoms in total. The van der Waals surface area contributed by atoms with Crippen LogP contribution in [0.25, 0.3) is 0 Å². The molecule has 1 amide bonds. The monoisotopic (exact) mass is 705 g/mol. The Hall–Kier alpha value is -2.14. The van der Waals surface area contributed by atoms with Crippen molar-refractivity contribution in [3.8, 4) is 0 Å². The van der Waals surface area contributed by atoms with Crippen molar-refractivity contribution in [1.29, 1.82) is 0 Å². The summed E-state index contributed by atoms with van der Waals surface area (Å²) in [4.78, 5) is 37.4. The molecule has 4 rings (SSSR count). The third kappa shape index (κ3) is 6.51. The number of carbonyl (C=O) groups is 3. The number of Topliss-reactive ketones (excluding diaryl/α,β-unsaturated/α-hetero) is 2. The van der Waals surface area contributed by atoms with Crippen LogP contribution < -0.4 is 5.32 Å². The summed E-state index contributed by atoms with van der Waals surface area (Å²) in [7, 11) is 0. The van der Waals surface area contributed by atoms with Crippen molar-refractivity contribution in [3.05, 3.63) is 96.2 Å². The van der Waals surface area contributed by atoms with Crippen molar-refractivity contribution in [3.63, 3.8) is 0 Å². The molecule has 1 fully saturated rings. The molecule has 0 unspecified atom stereocenters. The Labute approximate surface area is 265 Å². The lowest BCUT2D eigenvalue weighted by atomic mass is 9.97. The lowest BCUT2D eigenvalue weighted by Gasteiger charge is -2.12. The lowest BCUT2D eigenvalue weighted by molar-refractivity contribution is -0.128. The summed E-state index contributed by atoms with van der Waals surface area (Å²) < 4.78 is 67.6. The Kier molecular flexibility index (Phi) is 9.72. The van der Waals surface area contributed by atoms with Gasteiger partial charge >= 0.3 is 0 Å². The van der Waals surface area contributed by atoms with Crippen LogP contribution in [0, 0.1) is 23.4 Å². The average molecular weight is 708 g/mol. The molecule has 0 heterocycles. The molecular formula is C27H14Cl6F5NO3. The first-order chi connectivity index (χ1) is 19.5. The van der Waals surface area contributed by atoms with Gasteiger partial charge < -0.3 is 5.32 Å². The van der Waals surface area contributed by atoms with Gasteiger partial charge in [0.25, 0.3) is 6.43 Å². The van der Waals surface area contributed by atoms with E-state index < -0.39 is 92.1 Å². The summed E-state index contributed by atoms with van der Waals surface area (Å²) in [5.74, 6) is -9.08. The third-order valence-electron chi connectivity index (χ3n) is 6.51. The van der Waals surface area contributed by atoms with Crippen molar-refractivity contribution in [2.45, 2.75) is 29.5 Å². The first-order valence-corrected chi connectivity index (χ1v) is 13.9. The summed E-state index contributed by atoms with van der Waals surface area (Å²) in [6, 6.07) is 6.14. The van der Waals surface area contributed by atoms with Crippen LogP contribution in [0.4, 0.5) is 27.6 Å². The topological polar surface area (TPSA) is 63.2 Å². The van der Waals surface area contributed by atoms with E-state index >= 15 is 0 Å². The van der Waals surface area contributed by atoms with Gasteiger partial charge in [-0.05, 0) is 41.5 Å². The number of amides is 1. The average Bonchev–Trinajstić information content (AvgIpc) is 3.49. The first kappa shape index (κ1) is 32.8. The number of nitrogens with one attached hydrogen (secondary N) is 1. The summed E-state index contributed by atoms with van der Waals surface area (Å²) in [6.07, 6.45) is -5.43. The van der Waals surface area contributed by atoms with E-state index in [1.165, 1.54) is 12.1 Å². The number of benzene rings is 3. The number of carbonyl (C=O) groups excluding carboxylic acids is 3. The zero-order chi connectivity index (χ0) is 31.3. The molecule has 42 heavy (non-hydrogen) atoms. The number of hydrogen-bond donors (Lipinski definition) is 1. The van der Waals surface area contributed by atoms with Crippen LogP contribution in [0.1, 0.15) is 33.0 Å². The van der Waals surface area contributed by atoms with E-state index in [1.54, 1.807) is 0 Å². The highest BCUT2D eigenvalue weighted by Gasteiger charge is 2.67. The molecule has 15 heteroatoms. The largest absolute Gasteiger partial charge is 0.326 e. The molecule has 1 N–H and O–H groups in total. The Balaban J connectivity index is 1.57. The van der Waals surface area contributed by atoms with Gasteiger partial charge in [0.1, 0.15) is 21.8 Å². The number of ketones is 2. The number of halogens is 11. The fourth-order valence-corrected chi connectivity index (χ4v) is 6.03. The zero-order valence-corrected chi connectivity index (χ0v) is 25.0. The van der Waals surface area contributed by atoms with Crippen LogP contribution in [-0.4, -0.2) is 28.2 Å². The minimum atomic E-state index is -3.38. The predicted molar refractivity (Wildman–Crippen MR) is 151 cm³/mol. The molecule has 2 atom stereocenters. The van der Waals surface area contributed by atoms with E-state index in [0.29, 0.717) is 11.6 Å². The molecule has 1 aliphatic rings. The van der Waals surface area contributed by atoms with Gasteiger partial charge in [-0.1, -0.05) is 52.5 Å². The second-order valence-corrected chi connectivity index (χ2v) is 12.3. The predicted octanol–water partition coefficient (Wildman–Crippen LogP) is 9.05. The molecule has 3 aromatic carbocycles. The highest BCUT2D eigenvalue weighted by atomic mass is 35.5. The molecule has 0 bridgehead atoms. The van der Waals surface area contributed by atoms with Crippen molar-refractivity contribution in [2.24, 2.45) is 5.92 Å². The smallest absolute Gasteiger partial charge is 0.296 e. The normalized spacial score (nSPS) is 17.3. The Morgan fingerprint density at radius 2 is 1.48 bits per heavy atom. The van der Waals surface area contributed by atoms with Crippen molar-refractivity contribution in [1.82, 2.24) is 0 Å². The first-order valence-electron chi connectivity index (χ1n) is 11.7. The Morgan fingerprint density at radius 1 is 0.857 bits per heavy atom. The van der Waals surface area contributed by atoms with E-state index in [0.717, 1.165) is 18.2 Å². The quantitative estimate of drug-likeness (QED) is 0.105. The number of anilines is 1. The number of rotatable bonds is 9. The maximum Gasteiger partial charge on any atom is 0.296 e. The van der Waals surface area contributed by atoms with Gasteiger partial charge in [-0.25, -0.2) is 22.0 Å². The van der Waals surface area contributed by atoms with Crippen molar-refractivity contribution >= 4 is 92.8 Å². The summed E-state index contributed by atoms with van der Waals surface area (Å²) in [6.45, 7) is 0. The second-order valence-electron chi connectivity index (χ2n) is 9.28. The minimum Gasteiger partial charge on any atom is -0.326 e. The lowest BCUT2D eigenvalue weighted by Crippen LogP contribution is -2.18. The molecule has 1 aliphatic carbocycles. The van der Waals surface area contributed by atoms with Crippen LogP contribution in [0.2, 0.25) is 20.1 Å². The highest BCUT2D eigenvalue weighted by Crippen LogP contribution is 2.65. The molecule has 0 radical (unpaired) electrons. The third-order valence-corrected chi connectivity index (χ3v) is 9.03. The van der Waals surface area contributed by atoms with Gasteiger partial charge in [0.15, 0.2) is 5.78 Å². The molecule has 1 saturated carbocycles. The fraction of sp³-hybridized carbons (Fsp3) is 0.222. The van der Waals surface area contributed by atoms with Gasteiger partial charge in [-0.15, -0.1) is 23.2 Å². The van der Waals surface area contributed by atoms with E-state index in [1.807, 2.05) is 0 Å². The van der Waals surface area contributed by atoms with E-state index in [2.05, 4.69) is 5.32 Å². The SMILES string of the molecule is O=C(Cc1c(F)ccc(CC(=O)C(F)F)c1F)c1cc(NC(=O)[C@H]2[C@H](c3cc(Cl)c(Cl)c(Cl)c3)C2(Cl)Cl)cc(F)c1Cl. The summed E-state index contributed by atoms with van der Waals surface area (Å²) in [5.41, 5.74) is -1.81. The van der Waals surface area contributed by atoms with Gasteiger partial charge in [0.2, 0.25) is 11.7 Å². The molecule has 0 saturated heterocycles. The van der Waals surface area contributed by atoms with Crippen LogP contribution >= 0.6 is 69.6 Å². The summed E-state index contributed by atoms with van der Waals surface area (Å²) in [5, 5.41) is 1.95. The fourth-order valence-electron chi connectivity index (χ4n) is 4.37. The van der Waals surface area contributed by atoms with Crippen molar-refractivity contribution < 1.29 is 36.3 Å². The maximum atomic E-state index is 14.9.